The summed E-state index contributed by atoms with van der Waals surface area (Å²) in [6, 6.07) is 0. The summed E-state index contributed by atoms with van der Waals surface area (Å²) in [4.78, 5) is 12.0. The highest BCUT2D eigenvalue weighted by molar-refractivity contribution is 5.53. The molecule has 1 saturated heterocycles. The number of hydrogen-bond acceptors (Lipinski definition) is 2. The highest BCUT2D eigenvalue weighted by atomic mass is 16.1. The Bertz CT molecular complexity index is 133. The third kappa shape index (κ3) is 0.632. The van der Waals surface area contributed by atoms with Crippen molar-refractivity contribution in [2.24, 2.45) is 0 Å². The average molecular weight is 111 g/mol. The van der Waals surface area contributed by atoms with Gasteiger partial charge in [-0.05, 0) is 6.92 Å². The van der Waals surface area contributed by atoms with Gasteiger partial charge in [-0.1, -0.05) is 0 Å². The second-order valence-corrected chi connectivity index (χ2v) is 1.88. The number of nitrogens with zero attached hydrogens (tertiary/aromatic N) is 1. The monoisotopic (exact) mass is 111 g/mol. The van der Waals surface area contributed by atoms with E-state index in [0.29, 0.717) is 0 Å². The van der Waals surface area contributed by atoms with Crippen molar-refractivity contribution < 1.29 is 4.79 Å². The van der Waals surface area contributed by atoms with Crippen LogP contribution in [0.1, 0.15) is 13.3 Å². The molecule has 1 fully saturated rings. The van der Waals surface area contributed by atoms with Crippen LogP contribution < -0.4 is 0 Å². The lowest BCUT2D eigenvalue weighted by molar-refractivity contribution is 0.273. The zero-order valence-corrected chi connectivity index (χ0v) is 4.98. The van der Waals surface area contributed by atoms with Crippen molar-refractivity contribution in [2.75, 3.05) is 13.1 Å². The van der Waals surface area contributed by atoms with Gasteiger partial charge in [-0.25, -0.2) is 4.79 Å². The van der Waals surface area contributed by atoms with Crippen LogP contribution in [0, 0.1) is 0 Å². The third-order valence-electron chi connectivity index (χ3n) is 1.50. The highest BCUT2D eigenvalue weighted by Crippen LogP contribution is 2.16. The molecule has 0 aromatic rings. The van der Waals surface area contributed by atoms with E-state index in [1.807, 2.05) is 17.8 Å². The Kier molecular flexibility index (Phi) is 1.36. The van der Waals surface area contributed by atoms with E-state index in [4.69, 9.17) is 0 Å². The predicted molar refractivity (Wildman–Crippen MR) is 31.1 cm³/mol. The normalized spacial score (nSPS) is 17.6. The topological polar surface area (TPSA) is 20.3 Å². The first-order valence-corrected chi connectivity index (χ1v) is 2.87. The van der Waals surface area contributed by atoms with Gasteiger partial charge in [0.05, 0.1) is 0 Å². The molecular weight excluding hydrogens is 102 g/mol. The lowest BCUT2D eigenvalue weighted by Gasteiger charge is -2.32. The molecule has 0 N–H and O–H groups in total. The molecule has 0 bridgehead atoms. The van der Waals surface area contributed by atoms with Crippen molar-refractivity contribution in [2.45, 2.75) is 13.3 Å². The first kappa shape index (κ1) is 5.39. The van der Waals surface area contributed by atoms with Gasteiger partial charge in [-0.2, -0.15) is 0 Å². The molecule has 0 saturated carbocycles. The van der Waals surface area contributed by atoms with Crippen LogP contribution in [0.15, 0.2) is 5.70 Å². The maximum Gasteiger partial charge on any atom is 0.145 e. The van der Waals surface area contributed by atoms with E-state index in [9.17, 15) is 4.79 Å². The Labute approximate surface area is 48.8 Å². The van der Waals surface area contributed by atoms with Crippen LogP contribution in [0.4, 0.5) is 0 Å². The fourth-order valence-corrected chi connectivity index (χ4v) is 0.846. The molecule has 0 aromatic heterocycles. The SMILES string of the molecule is CCN1CCC1=C=O. The highest BCUT2D eigenvalue weighted by Gasteiger charge is 2.17. The van der Waals surface area contributed by atoms with Crippen molar-refractivity contribution in [1.82, 2.24) is 4.90 Å². The van der Waals surface area contributed by atoms with Crippen molar-refractivity contribution >= 4 is 5.94 Å². The predicted octanol–water partition coefficient (Wildman–Crippen LogP) is 0.427. The fraction of sp³-hybridized carbons (Fsp3) is 0.667. The van der Waals surface area contributed by atoms with Gasteiger partial charge >= 0.3 is 0 Å². The van der Waals surface area contributed by atoms with Crippen LogP contribution in [0.2, 0.25) is 0 Å². The lowest BCUT2D eigenvalue weighted by Crippen LogP contribution is -2.34. The zero-order valence-electron chi connectivity index (χ0n) is 4.98. The van der Waals surface area contributed by atoms with Crippen LogP contribution in [0.5, 0.6) is 0 Å². The summed E-state index contributed by atoms with van der Waals surface area (Å²) in [6.07, 6.45) is 0.928. The first-order chi connectivity index (χ1) is 3.88. The molecule has 0 atom stereocenters. The summed E-state index contributed by atoms with van der Waals surface area (Å²) in [5.74, 6) is 1.90. The van der Waals surface area contributed by atoms with Crippen molar-refractivity contribution in [1.29, 1.82) is 0 Å². The Hall–Kier alpha value is -0.750. The van der Waals surface area contributed by atoms with Crippen LogP contribution >= 0.6 is 0 Å². The minimum absolute atomic E-state index is 0.840. The molecule has 0 aliphatic carbocycles. The van der Waals surface area contributed by atoms with Crippen molar-refractivity contribution in [3.63, 3.8) is 0 Å². The molecule has 0 unspecified atom stereocenters. The Balaban J connectivity index is 2.50. The maximum atomic E-state index is 9.95. The minimum atomic E-state index is 0.840. The first-order valence-electron chi connectivity index (χ1n) is 2.87. The molecule has 0 spiro atoms. The molecule has 2 heteroatoms. The maximum absolute atomic E-state index is 9.95. The summed E-state index contributed by atoms with van der Waals surface area (Å²) in [7, 11) is 0. The number of carbonyl (C=O) groups excluding carboxylic acids is 1. The summed E-state index contributed by atoms with van der Waals surface area (Å²) < 4.78 is 0. The summed E-state index contributed by atoms with van der Waals surface area (Å²) >= 11 is 0. The van der Waals surface area contributed by atoms with Gasteiger partial charge in [0.1, 0.15) is 11.6 Å². The van der Waals surface area contributed by atoms with Gasteiger partial charge < -0.3 is 4.90 Å². The van der Waals surface area contributed by atoms with Crippen molar-refractivity contribution in [3.05, 3.63) is 5.70 Å². The van der Waals surface area contributed by atoms with Crippen LogP contribution in [0.3, 0.4) is 0 Å². The van der Waals surface area contributed by atoms with E-state index in [2.05, 4.69) is 0 Å². The quantitative estimate of drug-likeness (QED) is 0.457. The molecule has 44 valence electrons. The molecule has 8 heavy (non-hydrogen) atoms. The smallest absolute Gasteiger partial charge is 0.145 e. The summed E-state index contributed by atoms with van der Waals surface area (Å²) in [5, 5.41) is 0. The van der Waals surface area contributed by atoms with Gasteiger partial charge in [0.2, 0.25) is 0 Å². The third-order valence-corrected chi connectivity index (χ3v) is 1.50. The zero-order chi connectivity index (χ0) is 5.98. The van der Waals surface area contributed by atoms with Crippen LogP contribution in [-0.4, -0.2) is 23.9 Å². The standard InChI is InChI=1S/C6H9NO/c1-2-7-4-3-6(7)5-8/h2-4H2,1H3. The molecule has 1 heterocycles. The lowest BCUT2D eigenvalue weighted by atomic mass is 10.1. The second-order valence-electron chi connectivity index (χ2n) is 1.88. The molecular formula is C6H9NO. The molecule has 0 amide bonds. The van der Waals surface area contributed by atoms with Crippen LogP contribution in [0.25, 0.3) is 0 Å². The molecule has 1 aliphatic rings. The van der Waals surface area contributed by atoms with Gasteiger partial charge in [0, 0.05) is 19.5 Å². The molecule has 1 rings (SSSR count). The Morgan fingerprint density at radius 2 is 2.62 bits per heavy atom. The van der Waals surface area contributed by atoms with Gasteiger partial charge in [-0.3, -0.25) is 0 Å². The number of hydrogen-bond donors (Lipinski definition) is 0. The molecule has 1 aliphatic heterocycles. The Morgan fingerprint density at radius 1 is 1.88 bits per heavy atom. The number of rotatable bonds is 1. The van der Waals surface area contributed by atoms with E-state index in [-0.39, 0.29) is 0 Å². The molecule has 2 nitrogen and oxygen atoms in total. The van der Waals surface area contributed by atoms with Gasteiger partial charge in [0.15, 0.2) is 0 Å². The van der Waals surface area contributed by atoms with Gasteiger partial charge in [0.25, 0.3) is 0 Å². The van der Waals surface area contributed by atoms with Crippen molar-refractivity contribution in [3.8, 4) is 0 Å². The second kappa shape index (κ2) is 2.01. The van der Waals surface area contributed by atoms with E-state index in [0.717, 1.165) is 25.2 Å². The fourth-order valence-electron chi connectivity index (χ4n) is 0.846. The average Bonchev–Trinajstić information content (AvgIpc) is 1.66. The van der Waals surface area contributed by atoms with Crippen LogP contribution in [-0.2, 0) is 4.79 Å². The van der Waals surface area contributed by atoms with E-state index < -0.39 is 0 Å². The number of likely N-dealkylation sites (tertiary alicyclic amines) is 1. The minimum Gasteiger partial charge on any atom is -0.366 e. The van der Waals surface area contributed by atoms with E-state index in [1.54, 1.807) is 0 Å². The van der Waals surface area contributed by atoms with E-state index in [1.165, 1.54) is 0 Å². The molecule has 0 radical (unpaired) electrons. The largest absolute Gasteiger partial charge is 0.366 e. The summed E-state index contributed by atoms with van der Waals surface area (Å²) in [6.45, 7) is 4.03. The van der Waals surface area contributed by atoms with Gasteiger partial charge in [-0.15, -0.1) is 0 Å². The Morgan fingerprint density at radius 3 is 2.75 bits per heavy atom. The molecule has 0 aromatic carbocycles. The van der Waals surface area contributed by atoms with E-state index >= 15 is 0 Å². The summed E-state index contributed by atoms with van der Waals surface area (Å²) in [5.41, 5.74) is 0.840.